The number of hydrogen-bond acceptors (Lipinski definition) is 7. The smallest absolute Gasteiger partial charge is 0.255 e. The highest BCUT2D eigenvalue weighted by Gasteiger charge is 2.17. The molecule has 0 aliphatic carbocycles. The number of hydrogen-bond donors (Lipinski definition) is 2. The number of H-pyrrole nitrogens is 1. The van der Waals surface area contributed by atoms with Gasteiger partial charge in [-0.1, -0.05) is 36.4 Å². The summed E-state index contributed by atoms with van der Waals surface area (Å²) in [4.78, 5) is 34.5. The van der Waals surface area contributed by atoms with Crippen LogP contribution in [-0.4, -0.2) is 49.3 Å². The van der Waals surface area contributed by atoms with Crippen molar-refractivity contribution in [3.63, 3.8) is 0 Å². The maximum absolute atomic E-state index is 12.6. The quantitative estimate of drug-likeness (QED) is 0.448. The van der Waals surface area contributed by atoms with Crippen LogP contribution in [0.4, 0.5) is 5.95 Å². The first-order chi connectivity index (χ1) is 17.5. The van der Waals surface area contributed by atoms with E-state index in [-0.39, 0.29) is 17.9 Å². The van der Waals surface area contributed by atoms with Crippen LogP contribution in [0.1, 0.15) is 28.8 Å². The zero-order valence-electron chi connectivity index (χ0n) is 20.7. The summed E-state index contributed by atoms with van der Waals surface area (Å²) >= 11 is 0. The summed E-state index contributed by atoms with van der Waals surface area (Å²) in [5.41, 5.74) is 2.92. The molecule has 0 bridgehead atoms. The molecular weight excluding hydrogens is 460 g/mol. The number of aryl methyl sites for hydroxylation is 1. The molecule has 190 valence electrons. The van der Waals surface area contributed by atoms with E-state index in [9.17, 15) is 9.59 Å². The van der Waals surface area contributed by atoms with Crippen LogP contribution in [-0.2, 0) is 29.1 Å². The van der Waals surface area contributed by atoms with E-state index in [0.717, 1.165) is 11.1 Å². The molecule has 1 aliphatic rings. The molecule has 2 aromatic carbocycles. The van der Waals surface area contributed by atoms with Gasteiger partial charge in [0, 0.05) is 37.3 Å². The number of nitrogens with one attached hydrogen (secondary N) is 2. The van der Waals surface area contributed by atoms with Crippen LogP contribution in [0.25, 0.3) is 0 Å². The van der Waals surface area contributed by atoms with Gasteiger partial charge in [-0.05, 0) is 36.6 Å². The summed E-state index contributed by atoms with van der Waals surface area (Å²) < 4.78 is 16.7. The average molecular weight is 493 g/mol. The molecule has 2 N–H and O–H groups in total. The molecular formula is C27H32N4O5. The van der Waals surface area contributed by atoms with Crippen LogP contribution in [0, 0.1) is 6.92 Å². The maximum Gasteiger partial charge on any atom is 0.255 e. The number of rotatable bonds is 10. The second-order valence-electron chi connectivity index (χ2n) is 8.59. The van der Waals surface area contributed by atoms with Crippen LogP contribution < -0.4 is 25.2 Å². The highest BCUT2D eigenvalue weighted by Crippen LogP contribution is 2.29. The molecule has 1 aromatic heterocycles. The standard InChI is InChI=1S/C27H32N4O5/c1-19-22(26(33)30-27(29-19)31-12-14-35-15-13-31)9-11-25(32)28-17-21-8-10-23(24(16-21)34-2)36-18-20-6-4-3-5-7-20/h3-8,10,16H,9,11-15,17-18H2,1-2H3,(H,28,32)(H,29,30,33). The minimum atomic E-state index is -0.201. The first-order valence-electron chi connectivity index (χ1n) is 12.1. The van der Waals surface area contributed by atoms with E-state index < -0.39 is 0 Å². The molecule has 9 heteroatoms. The lowest BCUT2D eigenvalue weighted by Gasteiger charge is -2.27. The molecule has 9 nitrogen and oxygen atoms in total. The Morgan fingerprint density at radius 1 is 1.11 bits per heavy atom. The molecule has 0 unspecified atom stereocenters. The van der Waals surface area contributed by atoms with Crippen molar-refractivity contribution in [2.45, 2.75) is 32.9 Å². The summed E-state index contributed by atoms with van der Waals surface area (Å²) in [7, 11) is 1.59. The number of anilines is 1. The summed E-state index contributed by atoms with van der Waals surface area (Å²) in [5.74, 6) is 1.65. The van der Waals surface area contributed by atoms with Crippen molar-refractivity contribution in [3.8, 4) is 11.5 Å². The van der Waals surface area contributed by atoms with Gasteiger partial charge in [-0.25, -0.2) is 4.98 Å². The predicted octanol–water partition coefficient (Wildman–Crippen LogP) is 2.75. The lowest BCUT2D eigenvalue weighted by Crippen LogP contribution is -2.38. The van der Waals surface area contributed by atoms with Gasteiger partial charge in [0.05, 0.1) is 20.3 Å². The number of morpholine rings is 1. The van der Waals surface area contributed by atoms with E-state index in [1.165, 1.54) is 0 Å². The van der Waals surface area contributed by atoms with Gasteiger partial charge in [0.15, 0.2) is 11.5 Å². The number of amides is 1. The topological polar surface area (TPSA) is 106 Å². The fourth-order valence-electron chi connectivity index (χ4n) is 4.02. The SMILES string of the molecule is COc1cc(CNC(=O)CCc2c(C)nc(N3CCOCC3)[nH]c2=O)ccc1OCc1ccccc1. The van der Waals surface area contributed by atoms with Gasteiger partial charge in [-0.2, -0.15) is 0 Å². The largest absolute Gasteiger partial charge is 0.493 e. The number of ether oxygens (including phenoxy) is 3. The lowest BCUT2D eigenvalue weighted by atomic mass is 10.1. The molecule has 0 radical (unpaired) electrons. The van der Waals surface area contributed by atoms with E-state index in [4.69, 9.17) is 14.2 Å². The Morgan fingerprint density at radius 3 is 2.61 bits per heavy atom. The average Bonchev–Trinajstić information content (AvgIpc) is 2.91. The van der Waals surface area contributed by atoms with E-state index in [2.05, 4.69) is 15.3 Å². The summed E-state index contributed by atoms with van der Waals surface area (Å²) in [6.45, 7) is 5.19. The van der Waals surface area contributed by atoms with Gasteiger partial charge < -0.3 is 24.4 Å². The lowest BCUT2D eigenvalue weighted by molar-refractivity contribution is -0.121. The predicted molar refractivity (Wildman–Crippen MR) is 137 cm³/mol. The van der Waals surface area contributed by atoms with Crippen LogP contribution in [0.15, 0.2) is 53.3 Å². The number of carbonyl (C=O) groups is 1. The van der Waals surface area contributed by atoms with Crippen LogP contribution >= 0.6 is 0 Å². The minimum Gasteiger partial charge on any atom is -0.493 e. The monoisotopic (exact) mass is 492 g/mol. The minimum absolute atomic E-state index is 0.144. The highest BCUT2D eigenvalue weighted by molar-refractivity contribution is 5.76. The van der Waals surface area contributed by atoms with Crippen LogP contribution in [0.5, 0.6) is 11.5 Å². The molecule has 36 heavy (non-hydrogen) atoms. The molecule has 0 atom stereocenters. The van der Waals surface area contributed by atoms with Gasteiger partial charge in [-0.3, -0.25) is 14.6 Å². The molecule has 1 aliphatic heterocycles. The second-order valence-corrected chi connectivity index (χ2v) is 8.59. The van der Waals surface area contributed by atoms with Gasteiger partial charge in [-0.15, -0.1) is 0 Å². The third-order valence-electron chi connectivity index (χ3n) is 6.08. The number of aromatic nitrogens is 2. The fraction of sp³-hybridized carbons (Fsp3) is 0.370. The van der Waals surface area contributed by atoms with E-state index >= 15 is 0 Å². The molecule has 2 heterocycles. The van der Waals surface area contributed by atoms with E-state index in [1.807, 2.05) is 53.4 Å². The van der Waals surface area contributed by atoms with Gasteiger partial charge in [0.2, 0.25) is 11.9 Å². The van der Waals surface area contributed by atoms with Crippen molar-refractivity contribution in [1.82, 2.24) is 15.3 Å². The Morgan fingerprint density at radius 2 is 1.89 bits per heavy atom. The first kappa shape index (κ1) is 25.2. The number of nitrogens with zero attached hydrogens (tertiary/aromatic N) is 2. The van der Waals surface area contributed by atoms with Crippen molar-refractivity contribution in [2.75, 3.05) is 38.3 Å². The van der Waals surface area contributed by atoms with Crippen molar-refractivity contribution < 1.29 is 19.0 Å². The Hall–Kier alpha value is -3.85. The Labute approximate surface area is 210 Å². The zero-order chi connectivity index (χ0) is 25.3. The molecule has 3 aromatic rings. The van der Waals surface area contributed by atoms with Crippen molar-refractivity contribution in [1.29, 1.82) is 0 Å². The van der Waals surface area contributed by atoms with Crippen molar-refractivity contribution in [3.05, 3.63) is 81.3 Å². The van der Waals surface area contributed by atoms with Crippen LogP contribution in [0.3, 0.4) is 0 Å². The Bertz CT molecular complexity index is 1220. The number of aromatic amines is 1. The first-order valence-corrected chi connectivity index (χ1v) is 12.1. The molecule has 4 rings (SSSR count). The molecule has 0 saturated carbocycles. The third kappa shape index (κ3) is 6.63. The highest BCUT2D eigenvalue weighted by atomic mass is 16.5. The molecule has 1 fully saturated rings. The summed E-state index contributed by atoms with van der Waals surface area (Å²) in [6, 6.07) is 15.5. The molecule has 1 saturated heterocycles. The number of benzene rings is 2. The number of methoxy groups -OCH3 is 1. The van der Waals surface area contributed by atoms with Crippen molar-refractivity contribution in [2.24, 2.45) is 0 Å². The van der Waals surface area contributed by atoms with Crippen molar-refractivity contribution >= 4 is 11.9 Å². The number of carbonyl (C=O) groups excluding carboxylic acids is 1. The van der Waals surface area contributed by atoms with Gasteiger partial charge in [0.1, 0.15) is 6.61 Å². The van der Waals surface area contributed by atoms with E-state index in [1.54, 1.807) is 14.0 Å². The Kier molecular flexibility index (Phi) is 8.57. The zero-order valence-corrected chi connectivity index (χ0v) is 20.7. The van der Waals surface area contributed by atoms with E-state index in [0.29, 0.717) is 74.6 Å². The van der Waals surface area contributed by atoms with Gasteiger partial charge >= 0.3 is 0 Å². The maximum atomic E-state index is 12.6. The summed E-state index contributed by atoms with van der Waals surface area (Å²) in [5, 5.41) is 2.91. The molecule has 1 amide bonds. The third-order valence-corrected chi connectivity index (χ3v) is 6.08. The molecule has 0 spiro atoms. The second kappa shape index (κ2) is 12.2. The fourth-order valence-corrected chi connectivity index (χ4v) is 4.02. The van der Waals surface area contributed by atoms with Crippen LogP contribution in [0.2, 0.25) is 0 Å². The van der Waals surface area contributed by atoms with Gasteiger partial charge in [0.25, 0.3) is 5.56 Å². The summed E-state index contributed by atoms with van der Waals surface area (Å²) in [6.07, 6.45) is 0.511. The normalized spacial score (nSPS) is 13.3. The Balaban J connectivity index is 1.29.